The standard InChI is InChI=1S/C21H28.2C8H8.CH3F/c1-3-11-20(18-13-7-5-8-14-18)17-21(12-4-2)19-15-9-6-10-16-19;2*1-2-8-6-4-3-5-7-8;1-2/h5-10,13-16,20-21H,3-4,11-12,17H2,1-2H3;2*2-7H,1H2;1H3. The molecule has 2 unspecified atom stereocenters. The van der Waals surface area contributed by atoms with Crippen LogP contribution in [0.25, 0.3) is 12.2 Å². The Kier molecular flexibility index (Phi) is 19.0. The van der Waals surface area contributed by atoms with E-state index in [4.69, 9.17) is 0 Å². The van der Waals surface area contributed by atoms with Crippen LogP contribution in [0.5, 0.6) is 0 Å². The molecule has 0 aromatic heterocycles. The molecule has 0 aliphatic carbocycles. The summed E-state index contributed by atoms with van der Waals surface area (Å²) >= 11 is 0. The second-order valence-electron chi connectivity index (χ2n) is 9.26. The third kappa shape index (κ3) is 14.1. The summed E-state index contributed by atoms with van der Waals surface area (Å²) in [5.74, 6) is 1.38. The van der Waals surface area contributed by atoms with Crippen LogP contribution in [-0.4, -0.2) is 7.18 Å². The molecule has 0 radical (unpaired) electrons. The van der Waals surface area contributed by atoms with Crippen molar-refractivity contribution in [2.45, 2.75) is 57.8 Å². The molecule has 0 aliphatic rings. The van der Waals surface area contributed by atoms with Crippen molar-refractivity contribution < 1.29 is 4.39 Å². The SMILES string of the molecule is C=Cc1ccccc1.C=Cc1ccccc1.CCCC(CC(CCC)c1ccccc1)c1ccccc1.CF. The second kappa shape index (κ2) is 22.3. The Morgan fingerprint density at radius 1 is 0.513 bits per heavy atom. The Morgan fingerprint density at radius 3 is 1.03 bits per heavy atom. The molecule has 4 rings (SSSR count). The van der Waals surface area contributed by atoms with E-state index in [0.29, 0.717) is 19.0 Å². The summed E-state index contributed by atoms with van der Waals surface area (Å²) in [7, 11) is 0.500. The van der Waals surface area contributed by atoms with Crippen LogP contribution in [-0.2, 0) is 0 Å². The quantitative estimate of drug-likeness (QED) is 0.194. The molecule has 0 amide bonds. The van der Waals surface area contributed by atoms with Crippen LogP contribution in [0.4, 0.5) is 4.39 Å². The van der Waals surface area contributed by atoms with E-state index in [0.717, 1.165) is 0 Å². The van der Waals surface area contributed by atoms with Gasteiger partial charge in [0.2, 0.25) is 0 Å². The fraction of sp³-hybridized carbons (Fsp3) is 0.263. The van der Waals surface area contributed by atoms with E-state index in [2.05, 4.69) is 87.7 Å². The van der Waals surface area contributed by atoms with Crippen molar-refractivity contribution in [3.05, 3.63) is 157 Å². The van der Waals surface area contributed by atoms with Gasteiger partial charge in [0.05, 0.1) is 7.18 Å². The molecule has 2 atom stereocenters. The molecule has 4 aromatic rings. The number of benzene rings is 4. The predicted octanol–water partition coefficient (Wildman–Crippen LogP) is 11.8. The fourth-order valence-electron chi connectivity index (χ4n) is 4.51. The molecule has 0 fully saturated rings. The minimum Gasteiger partial charge on any atom is -0.255 e. The van der Waals surface area contributed by atoms with E-state index in [1.54, 1.807) is 0 Å². The lowest BCUT2D eigenvalue weighted by molar-refractivity contribution is 0.475. The molecule has 0 spiro atoms. The first-order valence-electron chi connectivity index (χ1n) is 14.0. The molecule has 0 bridgehead atoms. The Morgan fingerprint density at radius 2 is 0.795 bits per heavy atom. The first kappa shape index (κ1) is 33.3. The lowest BCUT2D eigenvalue weighted by Gasteiger charge is -2.24. The second-order valence-corrected chi connectivity index (χ2v) is 9.26. The topological polar surface area (TPSA) is 0 Å². The molecular formula is C38H47F. The summed E-state index contributed by atoms with van der Waals surface area (Å²) in [6.45, 7) is 11.9. The van der Waals surface area contributed by atoms with Crippen molar-refractivity contribution in [2.75, 3.05) is 7.18 Å². The summed E-state index contributed by atoms with van der Waals surface area (Å²) in [4.78, 5) is 0. The summed E-state index contributed by atoms with van der Waals surface area (Å²) in [6, 6.07) is 42.2. The Hall–Kier alpha value is -3.71. The van der Waals surface area contributed by atoms with Crippen molar-refractivity contribution in [3.8, 4) is 0 Å². The van der Waals surface area contributed by atoms with Crippen molar-refractivity contribution in [1.29, 1.82) is 0 Å². The van der Waals surface area contributed by atoms with Gasteiger partial charge in [0.1, 0.15) is 0 Å². The molecular weight excluding hydrogens is 475 g/mol. The third-order valence-corrected chi connectivity index (χ3v) is 6.46. The van der Waals surface area contributed by atoms with Gasteiger partial charge in [0.15, 0.2) is 0 Å². The predicted molar refractivity (Wildman–Crippen MR) is 173 cm³/mol. The van der Waals surface area contributed by atoms with Gasteiger partial charge in [-0.15, -0.1) is 0 Å². The zero-order valence-corrected chi connectivity index (χ0v) is 24.2. The van der Waals surface area contributed by atoms with Gasteiger partial charge in [-0.2, -0.15) is 0 Å². The van der Waals surface area contributed by atoms with E-state index < -0.39 is 0 Å². The highest BCUT2D eigenvalue weighted by molar-refractivity contribution is 5.46. The zero-order valence-electron chi connectivity index (χ0n) is 24.2. The third-order valence-electron chi connectivity index (χ3n) is 6.46. The summed E-state index contributed by atoms with van der Waals surface area (Å²) in [5, 5.41) is 0. The molecule has 206 valence electrons. The van der Waals surface area contributed by atoms with Gasteiger partial charge < -0.3 is 0 Å². The molecule has 0 nitrogen and oxygen atoms in total. The molecule has 1 heteroatoms. The van der Waals surface area contributed by atoms with E-state index in [-0.39, 0.29) is 0 Å². The molecule has 0 aliphatic heterocycles. The first-order valence-corrected chi connectivity index (χ1v) is 14.0. The molecule has 4 aromatic carbocycles. The van der Waals surface area contributed by atoms with Gasteiger partial charge in [-0.05, 0) is 53.4 Å². The van der Waals surface area contributed by atoms with E-state index in [1.165, 1.54) is 54.4 Å². The van der Waals surface area contributed by atoms with E-state index in [1.807, 2.05) is 72.8 Å². The van der Waals surface area contributed by atoms with Crippen LogP contribution in [0.1, 0.15) is 80.0 Å². The Balaban J connectivity index is 0.000000344. The maximum atomic E-state index is 9.50. The van der Waals surface area contributed by atoms with Crippen LogP contribution in [0.15, 0.2) is 134 Å². The van der Waals surface area contributed by atoms with Crippen molar-refractivity contribution in [1.82, 2.24) is 0 Å². The molecule has 0 heterocycles. The van der Waals surface area contributed by atoms with Gasteiger partial charge in [-0.1, -0.05) is 173 Å². The van der Waals surface area contributed by atoms with Gasteiger partial charge >= 0.3 is 0 Å². The summed E-state index contributed by atoms with van der Waals surface area (Å²) in [6.07, 6.45) is 10.0. The van der Waals surface area contributed by atoms with Crippen LogP contribution in [0.2, 0.25) is 0 Å². The minimum absolute atomic E-state index is 0.500. The average Bonchev–Trinajstić information content (AvgIpc) is 3.03. The highest BCUT2D eigenvalue weighted by Crippen LogP contribution is 2.35. The van der Waals surface area contributed by atoms with Gasteiger partial charge in [-0.25, -0.2) is 0 Å². The maximum absolute atomic E-state index is 9.50. The highest BCUT2D eigenvalue weighted by atomic mass is 19.1. The maximum Gasteiger partial charge on any atom is 0.0785 e. The van der Waals surface area contributed by atoms with Gasteiger partial charge in [0.25, 0.3) is 0 Å². The average molecular weight is 523 g/mol. The van der Waals surface area contributed by atoms with Crippen LogP contribution in [0, 0.1) is 0 Å². The Labute approximate surface area is 238 Å². The van der Waals surface area contributed by atoms with Gasteiger partial charge in [-0.3, -0.25) is 4.39 Å². The van der Waals surface area contributed by atoms with E-state index >= 15 is 0 Å². The molecule has 39 heavy (non-hydrogen) atoms. The molecule has 0 N–H and O–H groups in total. The van der Waals surface area contributed by atoms with E-state index in [9.17, 15) is 4.39 Å². The van der Waals surface area contributed by atoms with Crippen LogP contribution >= 0.6 is 0 Å². The lowest BCUT2D eigenvalue weighted by atomic mass is 9.81. The fourth-order valence-corrected chi connectivity index (χ4v) is 4.51. The summed E-state index contributed by atoms with van der Waals surface area (Å²) in [5.41, 5.74) is 5.37. The number of hydrogen-bond donors (Lipinski definition) is 0. The van der Waals surface area contributed by atoms with Crippen LogP contribution in [0.3, 0.4) is 0 Å². The summed E-state index contributed by atoms with van der Waals surface area (Å²) < 4.78 is 9.50. The zero-order chi connectivity index (χ0) is 28.6. The number of hydrogen-bond acceptors (Lipinski definition) is 0. The first-order chi connectivity index (χ1) is 19.2. The normalized spacial score (nSPS) is 11.1. The number of alkyl halides is 1. The van der Waals surface area contributed by atoms with Crippen molar-refractivity contribution in [3.63, 3.8) is 0 Å². The molecule has 0 saturated carbocycles. The number of halogens is 1. The largest absolute Gasteiger partial charge is 0.255 e. The Bertz CT molecular complexity index is 998. The number of rotatable bonds is 10. The smallest absolute Gasteiger partial charge is 0.0785 e. The highest BCUT2D eigenvalue weighted by Gasteiger charge is 2.18. The van der Waals surface area contributed by atoms with Crippen LogP contribution < -0.4 is 0 Å². The lowest BCUT2D eigenvalue weighted by Crippen LogP contribution is -2.07. The monoisotopic (exact) mass is 522 g/mol. The molecule has 0 saturated heterocycles. The van der Waals surface area contributed by atoms with Gasteiger partial charge in [0, 0.05) is 0 Å². The van der Waals surface area contributed by atoms with Crippen molar-refractivity contribution >= 4 is 12.2 Å². The minimum atomic E-state index is 0.500. The van der Waals surface area contributed by atoms with Crippen molar-refractivity contribution in [2.24, 2.45) is 0 Å².